The normalized spacial score (nSPS) is 24.2. The average molecular weight is 326 g/mol. The van der Waals surface area contributed by atoms with Crippen LogP contribution in [0.15, 0.2) is 36.5 Å². The van der Waals surface area contributed by atoms with E-state index in [1.165, 1.54) is 11.1 Å². The Morgan fingerprint density at radius 1 is 1.21 bits per heavy atom. The van der Waals surface area contributed by atoms with Crippen molar-refractivity contribution in [2.75, 3.05) is 19.6 Å². The van der Waals surface area contributed by atoms with Crippen molar-refractivity contribution in [1.82, 2.24) is 19.6 Å². The van der Waals surface area contributed by atoms with Crippen LogP contribution in [0.5, 0.6) is 0 Å². The summed E-state index contributed by atoms with van der Waals surface area (Å²) in [6.45, 7) is 2.69. The first-order chi connectivity index (χ1) is 11.6. The lowest BCUT2D eigenvalue weighted by atomic mass is 9.98. The highest BCUT2D eigenvalue weighted by Crippen LogP contribution is 2.25. The van der Waals surface area contributed by atoms with Crippen molar-refractivity contribution in [3.8, 4) is 0 Å². The summed E-state index contributed by atoms with van der Waals surface area (Å²) in [5.41, 5.74) is 3.16. The SMILES string of the molecule is Cn1ccc(C(=O)N2C[C@@H](O)[C@H](N3CCc4ccccc4C3)C2)n1. The number of hydrogen-bond donors (Lipinski definition) is 1. The van der Waals surface area contributed by atoms with Crippen LogP contribution < -0.4 is 0 Å². The van der Waals surface area contributed by atoms with Gasteiger partial charge in [0.25, 0.3) is 5.91 Å². The van der Waals surface area contributed by atoms with Crippen molar-refractivity contribution in [3.05, 3.63) is 53.3 Å². The Morgan fingerprint density at radius 2 is 2.00 bits per heavy atom. The van der Waals surface area contributed by atoms with Crippen LogP contribution in [0.25, 0.3) is 0 Å². The molecule has 2 aliphatic heterocycles. The number of hydrogen-bond acceptors (Lipinski definition) is 4. The number of aromatic nitrogens is 2. The van der Waals surface area contributed by atoms with E-state index in [0.29, 0.717) is 18.8 Å². The number of nitrogens with zero attached hydrogens (tertiary/aromatic N) is 4. The van der Waals surface area contributed by atoms with Gasteiger partial charge in [0.05, 0.1) is 12.1 Å². The molecule has 1 saturated heterocycles. The highest BCUT2D eigenvalue weighted by Gasteiger charge is 2.39. The Bertz CT molecular complexity index is 757. The number of amides is 1. The third kappa shape index (κ3) is 2.72. The zero-order valence-corrected chi connectivity index (χ0v) is 13.8. The van der Waals surface area contributed by atoms with Gasteiger partial charge >= 0.3 is 0 Å². The Labute approximate surface area is 141 Å². The van der Waals surface area contributed by atoms with Gasteiger partial charge in [-0.25, -0.2) is 0 Å². The molecule has 1 N–H and O–H groups in total. The maximum absolute atomic E-state index is 12.6. The van der Waals surface area contributed by atoms with Crippen LogP contribution in [-0.2, 0) is 20.0 Å². The molecule has 0 bridgehead atoms. The molecule has 6 nitrogen and oxygen atoms in total. The van der Waals surface area contributed by atoms with Crippen LogP contribution in [0.3, 0.4) is 0 Å². The monoisotopic (exact) mass is 326 g/mol. The molecule has 24 heavy (non-hydrogen) atoms. The molecule has 2 aromatic rings. The van der Waals surface area contributed by atoms with Gasteiger partial charge in [-0.15, -0.1) is 0 Å². The first kappa shape index (κ1) is 15.4. The molecule has 4 rings (SSSR count). The van der Waals surface area contributed by atoms with E-state index in [0.717, 1.165) is 19.5 Å². The topological polar surface area (TPSA) is 61.6 Å². The fourth-order valence-corrected chi connectivity index (χ4v) is 3.79. The Morgan fingerprint density at radius 3 is 2.75 bits per heavy atom. The lowest BCUT2D eigenvalue weighted by Gasteiger charge is -2.34. The van der Waals surface area contributed by atoms with E-state index >= 15 is 0 Å². The molecule has 126 valence electrons. The molecule has 0 saturated carbocycles. The number of fused-ring (bicyclic) bond motifs is 1. The lowest BCUT2D eigenvalue weighted by Crippen LogP contribution is -2.45. The van der Waals surface area contributed by atoms with Gasteiger partial charge in [0, 0.05) is 39.4 Å². The number of benzene rings is 1. The molecule has 3 heterocycles. The molecule has 1 aromatic heterocycles. The van der Waals surface area contributed by atoms with Gasteiger partial charge in [0.2, 0.25) is 0 Å². The summed E-state index contributed by atoms with van der Waals surface area (Å²) in [4.78, 5) is 16.6. The first-order valence-electron chi connectivity index (χ1n) is 8.39. The van der Waals surface area contributed by atoms with Crippen LogP contribution in [-0.4, -0.2) is 62.4 Å². The third-order valence-corrected chi connectivity index (χ3v) is 5.11. The summed E-state index contributed by atoms with van der Waals surface area (Å²) in [6, 6.07) is 10.2. The van der Waals surface area contributed by atoms with E-state index in [9.17, 15) is 9.90 Å². The molecular formula is C18H22N4O2. The van der Waals surface area contributed by atoms with Crippen LogP contribution >= 0.6 is 0 Å². The van der Waals surface area contributed by atoms with Gasteiger partial charge in [-0.1, -0.05) is 24.3 Å². The zero-order valence-electron chi connectivity index (χ0n) is 13.8. The number of aliphatic hydroxyl groups is 1. The molecule has 0 spiro atoms. The van der Waals surface area contributed by atoms with Crippen LogP contribution in [0.1, 0.15) is 21.6 Å². The Hall–Kier alpha value is -2.18. The molecule has 1 fully saturated rings. The minimum atomic E-state index is -0.511. The highest BCUT2D eigenvalue weighted by atomic mass is 16.3. The summed E-state index contributed by atoms with van der Waals surface area (Å²) >= 11 is 0. The van der Waals surface area contributed by atoms with E-state index in [1.54, 1.807) is 28.9 Å². The van der Waals surface area contributed by atoms with E-state index in [-0.39, 0.29) is 11.9 Å². The number of β-amino-alcohol motifs (C(OH)–C–C–N with tert-alkyl or cyclic N) is 1. The maximum Gasteiger partial charge on any atom is 0.274 e. The van der Waals surface area contributed by atoms with E-state index in [4.69, 9.17) is 0 Å². The maximum atomic E-state index is 12.6. The molecule has 1 amide bonds. The van der Waals surface area contributed by atoms with Crippen LogP contribution in [0.4, 0.5) is 0 Å². The number of likely N-dealkylation sites (tertiary alicyclic amines) is 1. The van der Waals surface area contributed by atoms with Crippen molar-refractivity contribution in [1.29, 1.82) is 0 Å². The lowest BCUT2D eigenvalue weighted by molar-refractivity contribution is 0.0733. The van der Waals surface area contributed by atoms with Gasteiger partial charge in [0.15, 0.2) is 0 Å². The zero-order chi connectivity index (χ0) is 16.7. The molecule has 0 aliphatic carbocycles. The van der Waals surface area contributed by atoms with Crippen molar-refractivity contribution in [3.63, 3.8) is 0 Å². The number of carbonyl (C=O) groups is 1. The number of rotatable bonds is 2. The van der Waals surface area contributed by atoms with E-state index < -0.39 is 6.10 Å². The quantitative estimate of drug-likeness (QED) is 0.881. The van der Waals surface area contributed by atoms with Gasteiger partial charge < -0.3 is 10.0 Å². The van der Waals surface area contributed by atoms with Gasteiger partial charge in [0.1, 0.15) is 5.69 Å². The van der Waals surface area contributed by atoms with Crippen molar-refractivity contribution in [2.45, 2.75) is 25.1 Å². The highest BCUT2D eigenvalue weighted by molar-refractivity contribution is 5.92. The summed E-state index contributed by atoms with van der Waals surface area (Å²) in [7, 11) is 1.80. The second-order valence-electron chi connectivity index (χ2n) is 6.71. The molecule has 0 unspecified atom stereocenters. The molecule has 1 aromatic carbocycles. The predicted molar refractivity (Wildman–Crippen MR) is 89.5 cm³/mol. The van der Waals surface area contributed by atoms with Crippen molar-refractivity contribution >= 4 is 5.91 Å². The molecule has 6 heteroatoms. The van der Waals surface area contributed by atoms with E-state index in [2.05, 4.69) is 34.3 Å². The van der Waals surface area contributed by atoms with Crippen LogP contribution in [0.2, 0.25) is 0 Å². The second-order valence-corrected chi connectivity index (χ2v) is 6.71. The standard InChI is InChI=1S/C18H22N4O2/c1-20-8-7-15(19-20)18(24)22-11-16(17(23)12-22)21-9-6-13-4-2-3-5-14(13)10-21/h2-5,7-8,16-17,23H,6,9-12H2,1H3/t16-,17-/m1/s1. The fraction of sp³-hybridized carbons (Fsp3) is 0.444. The smallest absolute Gasteiger partial charge is 0.274 e. The summed E-state index contributed by atoms with van der Waals surface area (Å²) in [5.74, 6) is -0.102. The van der Waals surface area contributed by atoms with Crippen molar-refractivity contribution < 1.29 is 9.90 Å². The largest absolute Gasteiger partial charge is 0.390 e. The molecule has 2 atom stereocenters. The molecular weight excluding hydrogens is 304 g/mol. The van der Waals surface area contributed by atoms with Gasteiger partial charge in [-0.2, -0.15) is 5.10 Å². The minimum absolute atomic E-state index is 0.00832. The first-order valence-corrected chi connectivity index (χ1v) is 8.39. The van der Waals surface area contributed by atoms with Gasteiger partial charge in [-0.05, 0) is 23.6 Å². The Balaban J connectivity index is 1.47. The predicted octanol–water partition coefficient (Wildman–Crippen LogP) is 0.664. The third-order valence-electron chi connectivity index (χ3n) is 5.11. The average Bonchev–Trinajstić information content (AvgIpc) is 3.20. The van der Waals surface area contributed by atoms with Gasteiger partial charge in [-0.3, -0.25) is 14.4 Å². The summed E-state index contributed by atoms with van der Waals surface area (Å²) < 4.78 is 1.62. The van der Waals surface area contributed by atoms with Crippen molar-refractivity contribution in [2.24, 2.45) is 7.05 Å². The molecule has 2 aliphatic rings. The molecule has 0 radical (unpaired) electrons. The van der Waals surface area contributed by atoms with E-state index in [1.807, 2.05) is 0 Å². The minimum Gasteiger partial charge on any atom is -0.390 e. The van der Waals surface area contributed by atoms with Crippen LogP contribution in [0, 0.1) is 0 Å². The second kappa shape index (κ2) is 6.03. The number of aryl methyl sites for hydroxylation is 1. The Kier molecular flexibility index (Phi) is 3.86. The fourth-order valence-electron chi connectivity index (χ4n) is 3.79. The summed E-state index contributed by atoms with van der Waals surface area (Å²) in [5, 5.41) is 14.7. The number of aliphatic hydroxyl groups excluding tert-OH is 1. The summed E-state index contributed by atoms with van der Waals surface area (Å²) in [6.07, 6.45) is 2.25. The number of carbonyl (C=O) groups excluding carboxylic acids is 1.